The van der Waals surface area contributed by atoms with Crippen LogP contribution in [-0.2, 0) is 12.7 Å². The summed E-state index contributed by atoms with van der Waals surface area (Å²) in [6.45, 7) is 4.98. The van der Waals surface area contributed by atoms with Crippen molar-refractivity contribution in [3.8, 4) is 0 Å². The van der Waals surface area contributed by atoms with Crippen LogP contribution in [0.1, 0.15) is 18.1 Å². The minimum atomic E-state index is -4.32. The van der Waals surface area contributed by atoms with E-state index in [0.717, 1.165) is 31.8 Å². The van der Waals surface area contributed by atoms with Crippen LogP contribution in [0.5, 0.6) is 0 Å². The van der Waals surface area contributed by atoms with Crippen molar-refractivity contribution in [2.45, 2.75) is 25.7 Å². The molecule has 0 aromatic heterocycles. The zero-order valence-corrected chi connectivity index (χ0v) is 11.4. The first-order chi connectivity index (χ1) is 8.86. The van der Waals surface area contributed by atoms with E-state index in [1.54, 1.807) is 0 Å². The Bertz CT molecular complexity index is 448. The van der Waals surface area contributed by atoms with Crippen LogP contribution in [0.2, 0.25) is 5.02 Å². The van der Waals surface area contributed by atoms with Gasteiger partial charge in [0.15, 0.2) is 0 Å². The van der Waals surface area contributed by atoms with Gasteiger partial charge in [-0.1, -0.05) is 11.6 Å². The molecule has 2 nitrogen and oxygen atoms in total. The highest BCUT2D eigenvalue weighted by Crippen LogP contribution is 2.32. The number of halogens is 4. The van der Waals surface area contributed by atoms with Gasteiger partial charge in [-0.05, 0) is 30.7 Å². The molecule has 1 aliphatic rings. The van der Waals surface area contributed by atoms with Crippen LogP contribution in [0, 0.1) is 0 Å². The first-order valence-corrected chi connectivity index (χ1v) is 6.55. The number of hydrogen-bond donors (Lipinski definition) is 1. The van der Waals surface area contributed by atoms with Gasteiger partial charge in [0.1, 0.15) is 0 Å². The molecule has 0 unspecified atom stereocenters. The van der Waals surface area contributed by atoms with Crippen LogP contribution in [0.15, 0.2) is 18.2 Å². The number of hydrogen-bond acceptors (Lipinski definition) is 2. The number of alkyl halides is 3. The van der Waals surface area contributed by atoms with Gasteiger partial charge in [0, 0.05) is 37.2 Å². The van der Waals surface area contributed by atoms with Crippen molar-refractivity contribution < 1.29 is 13.2 Å². The molecule has 0 aliphatic carbocycles. The lowest BCUT2D eigenvalue weighted by Gasteiger charge is -2.32. The van der Waals surface area contributed by atoms with Gasteiger partial charge in [-0.25, -0.2) is 0 Å². The molecule has 1 heterocycles. The molecule has 1 aromatic rings. The van der Waals surface area contributed by atoms with Crippen LogP contribution in [0.3, 0.4) is 0 Å². The second-order valence-corrected chi connectivity index (χ2v) is 5.30. The van der Waals surface area contributed by atoms with E-state index >= 15 is 0 Å². The first-order valence-electron chi connectivity index (χ1n) is 6.17. The predicted molar refractivity (Wildman–Crippen MR) is 69.2 cm³/mol. The van der Waals surface area contributed by atoms with Gasteiger partial charge in [0.25, 0.3) is 0 Å². The first kappa shape index (κ1) is 14.6. The van der Waals surface area contributed by atoms with Gasteiger partial charge >= 0.3 is 6.18 Å². The normalized spacial score (nSPS) is 21.6. The summed E-state index contributed by atoms with van der Waals surface area (Å²) in [7, 11) is 0. The largest absolute Gasteiger partial charge is 0.416 e. The van der Waals surface area contributed by atoms with Crippen molar-refractivity contribution >= 4 is 11.6 Å². The lowest BCUT2D eigenvalue weighted by atomic mass is 10.1. The van der Waals surface area contributed by atoms with Gasteiger partial charge in [-0.3, -0.25) is 4.90 Å². The van der Waals surface area contributed by atoms with E-state index in [1.807, 2.05) is 0 Å². The average Bonchev–Trinajstić information content (AvgIpc) is 2.30. The Morgan fingerprint density at radius 3 is 2.79 bits per heavy atom. The maximum absolute atomic E-state index is 12.7. The smallest absolute Gasteiger partial charge is 0.312 e. The lowest BCUT2D eigenvalue weighted by molar-refractivity contribution is -0.137. The third kappa shape index (κ3) is 3.84. The van der Waals surface area contributed by atoms with Crippen molar-refractivity contribution in [2.24, 2.45) is 0 Å². The number of piperazine rings is 1. The second kappa shape index (κ2) is 5.69. The van der Waals surface area contributed by atoms with E-state index in [1.165, 1.54) is 6.07 Å². The molecule has 0 radical (unpaired) electrons. The SMILES string of the molecule is C[C@@H]1CN(Cc2cc(C(F)(F)F)ccc2Cl)CCN1. The zero-order valence-electron chi connectivity index (χ0n) is 10.6. The van der Waals surface area contributed by atoms with Crippen molar-refractivity contribution in [3.05, 3.63) is 34.3 Å². The number of nitrogens with one attached hydrogen (secondary N) is 1. The number of rotatable bonds is 2. The van der Waals surface area contributed by atoms with Gasteiger partial charge in [-0.2, -0.15) is 13.2 Å². The minimum absolute atomic E-state index is 0.346. The molecule has 6 heteroatoms. The van der Waals surface area contributed by atoms with Gasteiger partial charge < -0.3 is 5.32 Å². The van der Waals surface area contributed by atoms with E-state index in [2.05, 4.69) is 17.1 Å². The number of nitrogens with zero attached hydrogens (tertiary/aromatic N) is 1. The van der Waals surface area contributed by atoms with Crippen LogP contribution in [-0.4, -0.2) is 30.6 Å². The maximum Gasteiger partial charge on any atom is 0.416 e. The second-order valence-electron chi connectivity index (χ2n) is 4.89. The summed E-state index contributed by atoms with van der Waals surface area (Å²) in [6, 6.07) is 3.84. The maximum atomic E-state index is 12.7. The standard InChI is InChI=1S/C13H16ClF3N2/c1-9-7-19(5-4-18-9)8-10-6-11(13(15,16)17)2-3-12(10)14/h2-3,6,9,18H,4-5,7-8H2,1H3/t9-/m1/s1. The predicted octanol–water partition coefficient (Wildman–Crippen LogP) is 3.15. The molecule has 0 saturated carbocycles. The Labute approximate surface area is 115 Å². The monoisotopic (exact) mass is 292 g/mol. The van der Waals surface area contributed by atoms with Crippen LogP contribution >= 0.6 is 11.6 Å². The highest BCUT2D eigenvalue weighted by molar-refractivity contribution is 6.31. The fourth-order valence-electron chi connectivity index (χ4n) is 2.27. The molecule has 0 spiro atoms. The van der Waals surface area contributed by atoms with E-state index < -0.39 is 11.7 Å². The molecule has 1 aliphatic heterocycles. The lowest BCUT2D eigenvalue weighted by Crippen LogP contribution is -2.48. The molecule has 0 bridgehead atoms. The van der Waals surface area contributed by atoms with Crippen molar-refractivity contribution in [3.63, 3.8) is 0 Å². The van der Waals surface area contributed by atoms with E-state index in [4.69, 9.17) is 11.6 Å². The fraction of sp³-hybridized carbons (Fsp3) is 0.538. The molecule has 106 valence electrons. The van der Waals surface area contributed by atoms with Crippen LogP contribution < -0.4 is 5.32 Å². The summed E-state index contributed by atoms with van der Waals surface area (Å²) in [6.07, 6.45) is -4.32. The molecule has 19 heavy (non-hydrogen) atoms. The van der Waals surface area contributed by atoms with Crippen molar-refractivity contribution in [1.29, 1.82) is 0 Å². The van der Waals surface area contributed by atoms with E-state index in [0.29, 0.717) is 23.2 Å². The van der Waals surface area contributed by atoms with Crippen molar-refractivity contribution in [1.82, 2.24) is 10.2 Å². The Hall–Kier alpha value is -0.780. The third-order valence-electron chi connectivity index (χ3n) is 3.22. The molecule has 0 amide bonds. The van der Waals surface area contributed by atoms with Crippen LogP contribution in [0.4, 0.5) is 13.2 Å². The molecular weight excluding hydrogens is 277 g/mol. The molecule has 1 fully saturated rings. The van der Waals surface area contributed by atoms with Gasteiger partial charge in [-0.15, -0.1) is 0 Å². The molecule has 2 rings (SSSR count). The summed E-state index contributed by atoms with van der Waals surface area (Å²) in [4.78, 5) is 2.11. The summed E-state index contributed by atoms with van der Waals surface area (Å²) < 4.78 is 38.0. The third-order valence-corrected chi connectivity index (χ3v) is 3.59. The highest BCUT2D eigenvalue weighted by atomic mass is 35.5. The molecule has 1 saturated heterocycles. The molecule has 1 atom stereocenters. The van der Waals surface area contributed by atoms with Gasteiger partial charge in [0.05, 0.1) is 5.56 Å². The fourth-order valence-corrected chi connectivity index (χ4v) is 2.45. The quantitative estimate of drug-likeness (QED) is 0.901. The highest BCUT2D eigenvalue weighted by Gasteiger charge is 2.31. The van der Waals surface area contributed by atoms with E-state index in [-0.39, 0.29) is 0 Å². The Balaban J connectivity index is 2.15. The summed E-state index contributed by atoms with van der Waals surface area (Å²) in [5.41, 5.74) is -0.110. The topological polar surface area (TPSA) is 15.3 Å². The average molecular weight is 293 g/mol. The van der Waals surface area contributed by atoms with Crippen molar-refractivity contribution in [2.75, 3.05) is 19.6 Å². The Morgan fingerprint density at radius 2 is 2.16 bits per heavy atom. The molecule has 1 aromatic carbocycles. The Morgan fingerprint density at radius 1 is 1.42 bits per heavy atom. The van der Waals surface area contributed by atoms with Gasteiger partial charge in [0.2, 0.25) is 0 Å². The molecular formula is C13H16ClF3N2. The summed E-state index contributed by atoms with van der Waals surface area (Å²) in [5, 5.41) is 3.68. The minimum Gasteiger partial charge on any atom is -0.312 e. The summed E-state index contributed by atoms with van der Waals surface area (Å²) in [5.74, 6) is 0. The summed E-state index contributed by atoms with van der Waals surface area (Å²) >= 11 is 5.99. The zero-order chi connectivity index (χ0) is 14.0. The van der Waals surface area contributed by atoms with E-state index in [9.17, 15) is 13.2 Å². The Kier molecular flexibility index (Phi) is 4.38. The van der Waals surface area contributed by atoms with Crippen LogP contribution in [0.25, 0.3) is 0 Å². The number of benzene rings is 1. The molecule has 1 N–H and O–H groups in total.